The van der Waals surface area contributed by atoms with Crippen molar-refractivity contribution in [3.05, 3.63) is 40.4 Å². The van der Waals surface area contributed by atoms with Crippen molar-refractivity contribution in [2.45, 2.75) is 19.4 Å². The van der Waals surface area contributed by atoms with E-state index in [1.807, 2.05) is 0 Å². The number of amides is 1. The van der Waals surface area contributed by atoms with Crippen molar-refractivity contribution in [2.75, 3.05) is 51.0 Å². The Kier molecular flexibility index (Phi) is 7.42. The molecule has 0 unspecified atom stereocenters. The molecule has 2 aromatic heterocycles. The third-order valence-corrected chi connectivity index (χ3v) is 5.73. The van der Waals surface area contributed by atoms with Gasteiger partial charge in [0.2, 0.25) is 11.9 Å². The highest BCUT2D eigenvalue weighted by Crippen LogP contribution is 2.34. The third kappa shape index (κ3) is 5.49. The van der Waals surface area contributed by atoms with E-state index in [9.17, 15) is 9.59 Å². The largest absolute Gasteiger partial charge is 0.491 e. The first-order valence-electron chi connectivity index (χ1n) is 11.3. The second-order valence-electron chi connectivity index (χ2n) is 8.26. The van der Waals surface area contributed by atoms with E-state index in [0.717, 1.165) is 32.7 Å². The predicted octanol–water partition coefficient (Wildman–Crippen LogP) is 1.06. The summed E-state index contributed by atoms with van der Waals surface area (Å²) < 4.78 is 18.4. The average Bonchev–Trinajstić information content (AvgIpc) is 2.85. The molecule has 0 aliphatic carbocycles. The minimum Gasteiger partial charge on any atom is -0.491 e. The van der Waals surface area contributed by atoms with Gasteiger partial charge in [0.25, 0.3) is 11.5 Å². The van der Waals surface area contributed by atoms with Gasteiger partial charge in [-0.15, -0.1) is 0 Å². The molecule has 0 spiro atoms. The van der Waals surface area contributed by atoms with Gasteiger partial charge in [0.15, 0.2) is 11.5 Å². The van der Waals surface area contributed by atoms with Crippen LogP contribution in [0.25, 0.3) is 10.9 Å². The van der Waals surface area contributed by atoms with E-state index in [0.29, 0.717) is 29.0 Å². The van der Waals surface area contributed by atoms with Crippen LogP contribution >= 0.6 is 0 Å². The molecule has 0 radical (unpaired) electrons. The lowest BCUT2D eigenvalue weighted by Gasteiger charge is -2.30. The second kappa shape index (κ2) is 10.7. The number of benzene rings is 1. The number of fused-ring (bicyclic) bond motifs is 1. The molecule has 1 atom stereocenters. The molecule has 1 fully saturated rings. The standard InChI is InChI=1S/C23H29N7O5/c1-14-13-30(8-10-34-14)7-4-9-35-17-6-5-16-18(19(17)33-3)27-23(29(2)21(16)32)28-20(31)15-11-25-22(24)26-12-15/h5-6,11-12,14H,4,7-10,13H2,1-3H3,(H2,24,25,26)(H,27,28,31)/t14-/m0/s1. The summed E-state index contributed by atoms with van der Waals surface area (Å²) in [5, 5.41) is 2.96. The highest BCUT2D eigenvalue weighted by molar-refractivity contribution is 6.03. The number of ether oxygens (including phenoxy) is 3. The van der Waals surface area contributed by atoms with Crippen molar-refractivity contribution in [3.63, 3.8) is 0 Å². The Morgan fingerprint density at radius 3 is 2.80 bits per heavy atom. The fourth-order valence-corrected chi connectivity index (χ4v) is 3.91. The number of morpholine rings is 1. The van der Waals surface area contributed by atoms with Crippen LogP contribution in [0.15, 0.2) is 29.3 Å². The molecule has 186 valence electrons. The first kappa shape index (κ1) is 24.4. The van der Waals surface area contributed by atoms with Gasteiger partial charge >= 0.3 is 0 Å². The molecule has 1 aliphatic heterocycles. The maximum atomic E-state index is 13.0. The van der Waals surface area contributed by atoms with Crippen LogP contribution in [0.1, 0.15) is 23.7 Å². The van der Waals surface area contributed by atoms with Crippen LogP contribution in [0.3, 0.4) is 0 Å². The molecule has 12 nitrogen and oxygen atoms in total. The van der Waals surface area contributed by atoms with E-state index in [-0.39, 0.29) is 29.1 Å². The van der Waals surface area contributed by atoms with Gasteiger partial charge in [-0.25, -0.2) is 15.0 Å². The summed E-state index contributed by atoms with van der Waals surface area (Å²) in [7, 11) is 3.01. The normalized spacial score (nSPS) is 16.3. The molecule has 12 heteroatoms. The lowest BCUT2D eigenvalue weighted by Crippen LogP contribution is -2.41. The summed E-state index contributed by atoms with van der Waals surface area (Å²) in [5.41, 5.74) is 5.60. The lowest BCUT2D eigenvalue weighted by atomic mass is 10.2. The van der Waals surface area contributed by atoms with Gasteiger partial charge in [-0.1, -0.05) is 0 Å². The fraction of sp³-hybridized carbons (Fsp3) is 0.435. The number of methoxy groups -OCH3 is 1. The number of anilines is 2. The zero-order chi connectivity index (χ0) is 24.9. The molecule has 1 amide bonds. The minimum atomic E-state index is -0.532. The Labute approximate surface area is 202 Å². The van der Waals surface area contributed by atoms with Crippen LogP contribution in [0.4, 0.5) is 11.9 Å². The topological polar surface area (TPSA) is 147 Å². The van der Waals surface area contributed by atoms with Crippen LogP contribution in [-0.4, -0.2) is 76.4 Å². The Balaban J connectivity index is 1.53. The molecule has 0 bridgehead atoms. The number of nitrogens with zero attached hydrogens (tertiary/aromatic N) is 5. The third-order valence-electron chi connectivity index (χ3n) is 5.73. The second-order valence-corrected chi connectivity index (χ2v) is 8.26. The zero-order valence-corrected chi connectivity index (χ0v) is 20.0. The van der Waals surface area contributed by atoms with E-state index >= 15 is 0 Å². The van der Waals surface area contributed by atoms with Gasteiger partial charge in [-0.2, -0.15) is 0 Å². The number of rotatable bonds is 8. The smallest absolute Gasteiger partial charge is 0.262 e. The number of nitrogen functional groups attached to an aromatic ring is 1. The van der Waals surface area contributed by atoms with Crippen molar-refractivity contribution in [2.24, 2.45) is 7.05 Å². The SMILES string of the molecule is COc1c(OCCCN2CCO[C@@H](C)C2)ccc2c(=O)n(C)c(NC(=O)c3cnc(N)nc3)nc12. The number of carbonyl (C=O) groups excluding carboxylic acids is 1. The first-order valence-corrected chi connectivity index (χ1v) is 11.3. The minimum absolute atomic E-state index is 0.0428. The Morgan fingerprint density at radius 2 is 2.09 bits per heavy atom. The monoisotopic (exact) mass is 483 g/mol. The number of aromatic nitrogens is 4. The molecule has 3 N–H and O–H groups in total. The van der Waals surface area contributed by atoms with Gasteiger partial charge in [-0.05, 0) is 25.5 Å². The van der Waals surface area contributed by atoms with E-state index in [4.69, 9.17) is 19.9 Å². The predicted molar refractivity (Wildman–Crippen MR) is 130 cm³/mol. The van der Waals surface area contributed by atoms with Crippen LogP contribution in [0, 0.1) is 0 Å². The number of carbonyl (C=O) groups is 1. The molecule has 1 aromatic carbocycles. The lowest BCUT2D eigenvalue weighted by molar-refractivity contribution is -0.0193. The van der Waals surface area contributed by atoms with Crippen molar-refractivity contribution >= 4 is 28.7 Å². The Bertz CT molecular complexity index is 1260. The Morgan fingerprint density at radius 1 is 1.31 bits per heavy atom. The number of nitrogens with two attached hydrogens (primary N) is 1. The van der Waals surface area contributed by atoms with E-state index in [1.54, 1.807) is 12.1 Å². The maximum Gasteiger partial charge on any atom is 0.262 e. The average molecular weight is 484 g/mol. The fourth-order valence-electron chi connectivity index (χ4n) is 3.91. The summed E-state index contributed by atoms with van der Waals surface area (Å²) in [6, 6.07) is 3.34. The highest BCUT2D eigenvalue weighted by Gasteiger charge is 2.19. The quantitative estimate of drug-likeness (QED) is 0.446. The maximum absolute atomic E-state index is 13.0. The Hall–Kier alpha value is -3.77. The van der Waals surface area contributed by atoms with Crippen LogP contribution in [-0.2, 0) is 11.8 Å². The molecule has 3 aromatic rings. The summed E-state index contributed by atoms with van der Waals surface area (Å²) >= 11 is 0. The summed E-state index contributed by atoms with van der Waals surface area (Å²) in [6.07, 6.45) is 3.64. The van der Waals surface area contributed by atoms with Gasteiger partial charge < -0.3 is 19.9 Å². The van der Waals surface area contributed by atoms with Crippen molar-refractivity contribution in [1.29, 1.82) is 0 Å². The van der Waals surface area contributed by atoms with Crippen molar-refractivity contribution in [1.82, 2.24) is 24.4 Å². The molecule has 4 rings (SSSR count). The van der Waals surface area contributed by atoms with E-state index < -0.39 is 5.91 Å². The van der Waals surface area contributed by atoms with Gasteiger partial charge in [-0.3, -0.25) is 24.4 Å². The summed E-state index contributed by atoms with van der Waals surface area (Å²) in [6.45, 7) is 6.00. The zero-order valence-electron chi connectivity index (χ0n) is 20.0. The van der Waals surface area contributed by atoms with Gasteiger partial charge in [0.1, 0.15) is 5.52 Å². The molecule has 35 heavy (non-hydrogen) atoms. The van der Waals surface area contributed by atoms with Gasteiger partial charge in [0.05, 0.1) is 37.4 Å². The molecular formula is C23H29N7O5. The number of hydrogen-bond acceptors (Lipinski definition) is 10. The summed E-state index contributed by atoms with van der Waals surface area (Å²) in [4.78, 5) is 40.1. The molecule has 1 saturated heterocycles. The first-order chi connectivity index (χ1) is 16.9. The number of nitrogens with one attached hydrogen (secondary N) is 1. The molecular weight excluding hydrogens is 454 g/mol. The van der Waals surface area contributed by atoms with E-state index in [1.165, 1.54) is 31.1 Å². The van der Waals surface area contributed by atoms with E-state index in [2.05, 4.69) is 32.1 Å². The van der Waals surface area contributed by atoms with Crippen molar-refractivity contribution < 1.29 is 19.0 Å². The highest BCUT2D eigenvalue weighted by atomic mass is 16.5. The van der Waals surface area contributed by atoms with Crippen LogP contribution in [0.5, 0.6) is 11.5 Å². The molecule has 1 aliphatic rings. The number of hydrogen-bond donors (Lipinski definition) is 2. The molecule has 0 saturated carbocycles. The van der Waals surface area contributed by atoms with Gasteiger partial charge in [0, 0.05) is 39.1 Å². The van der Waals surface area contributed by atoms with Crippen LogP contribution < -0.4 is 26.1 Å². The summed E-state index contributed by atoms with van der Waals surface area (Å²) in [5.74, 6) is 0.359. The molecule has 3 heterocycles. The van der Waals surface area contributed by atoms with Crippen LogP contribution in [0.2, 0.25) is 0 Å². The van der Waals surface area contributed by atoms with Crippen molar-refractivity contribution in [3.8, 4) is 11.5 Å².